The summed E-state index contributed by atoms with van der Waals surface area (Å²) in [7, 11) is 1.60. The third kappa shape index (κ3) is 4.70. The van der Waals surface area contributed by atoms with Crippen molar-refractivity contribution in [3.05, 3.63) is 29.8 Å². The van der Waals surface area contributed by atoms with Crippen molar-refractivity contribution in [2.45, 2.75) is 18.8 Å². The van der Waals surface area contributed by atoms with Crippen LogP contribution in [-0.2, 0) is 11.3 Å². The fourth-order valence-electron chi connectivity index (χ4n) is 1.25. The number of rotatable bonds is 7. The quantitative estimate of drug-likeness (QED) is 0.623. The number of hydrogen-bond donors (Lipinski definition) is 3. The standard InChI is InChI=1S/C12H18O5/c1-16-10-4-2-9(3-5-10)7-17-8-12(15)11(14)6-13/h2-5,11-15H,6-8H2,1H3/t11-,12+/m1/s1. The Bertz CT molecular complexity index is 311. The highest BCUT2D eigenvalue weighted by molar-refractivity contribution is 5.26. The second kappa shape index (κ2) is 7.24. The van der Waals surface area contributed by atoms with Crippen LogP contribution < -0.4 is 4.74 Å². The predicted molar refractivity (Wildman–Crippen MR) is 61.7 cm³/mol. The Hall–Kier alpha value is -1.14. The third-order valence-corrected chi connectivity index (χ3v) is 2.35. The number of ether oxygens (including phenoxy) is 2. The minimum atomic E-state index is -1.16. The SMILES string of the molecule is COc1ccc(COC[C@H](O)[C@H](O)CO)cc1. The maximum atomic E-state index is 9.32. The van der Waals surface area contributed by atoms with E-state index in [0.29, 0.717) is 6.61 Å². The molecular formula is C12H18O5. The predicted octanol–water partition coefficient (Wildman–Crippen LogP) is -0.0741. The molecule has 5 nitrogen and oxygen atoms in total. The van der Waals surface area contributed by atoms with Crippen molar-refractivity contribution < 1.29 is 24.8 Å². The molecule has 0 heterocycles. The summed E-state index contributed by atoms with van der Waals surface area (Å²) in [6, 6.07) is 7.34. The van der Waals surface area contributed by atoms with E-state index in [1.54, 1.807) is 7.11 Å². The third-order valence-electron chi connectivity index (χ3n) is 2.35. The van der Waals surface area contributed by atoms with Gasteiger partial charge in [-0.15, -0.1) is 0 Å². The van der Waals surface area contributed by atoms with Gasteiger partial charge in [0.15, 0.2) is 0 Å². The molecule has 2 atom stereocenters. The molecule has 96 valence electrons. The van der Waals surface area contributed by atoms with E-state index in [2.05, 4.69) is 0 Å². The summed E-state index contributed by atoms with van der Waals surface area (Å²) >= 11 is 0. The van der Waals surface area contributed by atoms with E-state index < -0.39 is 18.8 Å². The maximum Gasteiger partial charge on any atom is 0.118 e. The summed E-state index contributed by atoms with van der Waals surface area (Å²) in [6.45, 7) is -0.167. The zero-order valence-corrected chi connectivity index (χ0v) is 9.74. The van der Waals surface area contributed by atoms with Gasteiger partial charge in [-0.05, 0) is 17.7 Å². The molecule has 0 unspecified atom stereocenters. The Labute approximate surface area is 100 Å². The van der Waals surface area contributed by atoms with Crippen LogP contribution in [0.25, 0.3) is 0 Å². The van der Waals surface area contributed by atoms with Gasteiger partial charge in [-0.3, -0.25) is 0 Å². The van der Waals surface area contributed by atoms with Crippen molar-refractivity contribution in [1.82, 2.24) is 0 Å². The van der Waals surface area contributed by atoms with Gasteiger partial charge in [-0.2, -0.15) is 0 Å². The smallest absolute Gasteiger partial charge is 0.118 e. The summed E-state index contributed by atoms with van der Waals surface area (Å²) < 4.78 is 10.2. The second-order valence-corrected chi connectivity index (χ2v) is 3.68. The van der Waals surface area contributed by atoms with Crippen LogP contribution in [0.1, 0.15) is 5.56 Å². The molecule has 1 aromatic carbocycles. The summed E-state index contributed by atoms with van der Waals surface area (Å²) in [5, 5.41) is 27.0. The van der Waals surface area contributed by atoms with Crippen molar-refractivity contribution in [3.8, 4) is 5.75 Å². The van der Waals surface area contributed by atoms with Gasteiger partial charge in [-0.25, -0.2) is 0 Å². The van der Waals surface area contributed by atoms with Crippen LogP contribution >= 0.6 is 0 Å². The summed E-state index contributed by atoms with van der Waals surface area (Å²) in [4.78, 5) is 0. The van der Waals surface area contributed by atoms with Crippen molar-refractivity contribution >= 4 is 0 Å². The zero-order valence-electron chi connectivity index (χ0n) is 9.74. The van der Waals surface area contributed by atoms with E-state index in [1.165, 1.54) is 0 Å². The van der Waals surface area contributed by atoms with Crippen LogP contribution in [0.15, 0.2) is 24.3 Å². The first-order chi connectivity index (χ1) is 8.17. The van der Waals surface area contributed by atoms with E-state index in [0.717, 1.165) is 11.3 Å². The lowest BCUT2D eigenvalue weighted by Gasteiger charge is -2.15. The molecule has 17 heavy (non-hydrogen) atoms. The van der Waals surface area contributed by atoms with Crippen molar-refractivity contribution in [3.63, 3.8) is 0 Å². The van der Waals surface area contributed by atoms with Gasteiger partial charge in [0.25, 0.3) is 0 Å². The average molecular weight is 242 g/mol. The van der Waals surface area contributed by atoms with Crippen LogP contribution in [-0.4, -0.2) is 47.9 Å². The lowest BCUT2D eigenvalue weighted by molar-refractivity contribution is -0.0601. The van der Waals surface area contributed by atoms with E-state index in [9.17, 15) is 5.11 Å². The Balaban J connectivity index is 2.30. The second-order valence-electron chi connectivity index (χ2n) is 3.68. The fourth-order valence-corrected chi connectivity index (χ4v) is 1.25. The van der Waals surface area contributed by atoms with E-state index in [1.807, 2.05) is 24.3 Å². The number of methoxy groups -OCH3 is 1. The van der Waals surface area contributed by atoms with E-state index >= 15 is 0 Å². The van der Waals surface area contributed by atoms with Crippen LogP contribution in [0.4, 0.5) is 0 Å². The van der Waals surface area contributed by atoms with Gasteiger partial charge in [0, 0.05) is 0 Å². The van der Waals surface area contributed by atoms with Gasteiger partial charge in [-0.1, -0.05) is 12.1 Å². The van der Waals surface area contributed by atoms with Crippen molar-refractivity contribution in [2.75, 3.05) is 20.3 Å². The normalized spacial score (nSPS) is 14.4. The van der Waals surface area contributed by atoms with Crippen LogP contribution in [0, 0.1) is 0 Å². The molecule has 0 saturated carbocycles. The molecule has 1 aromatic rings. The Morgan fingerprint density at radius 2 is 1.76 bits per heavy atom. The highest BCUT2D eigenvalue weighted by Gasteiger charge is 2.14. The van der Waals surface area contributed by atoms with Crippen molar-refractivity contribution in [1.29, 1.82) is 0 Å². The molecule has 0 radical (unpaired) electrons. The molecule has 0 amide bonds. The van der Waals surface area contributed by atoms with E-state index in [-0.39, 0.29) is 6.61 Å². The minimum absolute atomic E-state index is 0.0201. The Morgan fingerprint density at radius 1 is 1.12 bits per heavy atom. The van der Waals surface area contributed by atoms with Crippen molar-refractivity contribution in [2.24, 2.45) is 0 Å². The summed E-state index contributed by atoms with van der Waals surface area (Å²) in [5.41, 5.74) is 0.941. The first-order valence-corrected chi connectivity index (χ1v) is 5.35. The van der Waals surface area contributed by atoms with Crippen LogP contribution in [0.5, 0.6) is 5.75 Å². The van der Waals surface area contributed by atoms with Gasteiger partial charge >= 0.3 is 0 Å². The number of aliphatic hydroxyl groups is 3. The lowest BCUT2D eigenvalue weighted by atomic mass is 10.2. The molecule has 3 N–H and O–H groups in total. The lowest BCUT2D eigenvalue weighted by Crippen LogP contribution is -2.33. The maximum absolute atomic E-state index is 9.32. The van der Waals surface area contributed by atoms with Gasteiger partial charge in [0.2, 0.25) is 0 Å². The van der Waals surface area contributed by atoms with E-state index in [4.69, 9.17) is 19.7 Å². The first-order valence-electron chi connectivity index (χ1n) is 5.35. The molecule has 0 bridgehead atoms. The van der Waals surface area contributed by atoms with Gasteiger partial charge in [0.1, 0.15) is 18.0 Å². The average Bonchev–Trinajstić information content (AvgIpc) is 2.38. The summed E-state index contributed by atoms with van der Waals surface area (Å²) in [6.07, 6.45) is -2.23. The first kappa shape index (κ1) is 13.9. The van der Waals surface area contributed by atoms with Gasteiger partial charge in [0.05, 0.1) is 26.9 Å². The monoisotopic (exact) mass is 242 g/mol. The Morgan fingerprint density at radius 3 is 2.29 bits per heavy atom. The number of hydrogen-bond acceptors (Lipinski definition) is 5. The molecule has 0 aliphatic rings. The molecule has 0 aromatic heterocycles. The molecule has 0 aliphatic carbocycles. The highest BCUT2D eigenvalue weighted by atomic mass is 16.5. The molecule has 0 saturated heterocycles. The van der Waals surface area contributed by atoms with Crippen LogP contribution in [0.2, 0.25) is 0 Å². The molecule has 0 aliphatic heterocycles. The van der Waals surface area contributed by atoms with Crippen LogP contribution in [0.3, 0.4) is 0 Å². The van der Waals surface area contributed by atoms with Gasteiger partial charge < -0.3 is 24.8 Å². The zero-order chi connectivity index (χ0) is 12.7. The topological polar surface area (TPSA) is 79.2 Å². The summed E-state index contributed by atoms with van der Waals surface area (Å²) in [5.74, 6) is 0.768. The Kier molecular flexibility index (Phi) is 5.93. The number of aliphatic hydroxyl groups excluding tert-OH is 3. The molecule has 1 rings (SSSR count). The molecule has 5 heteroatoms. The minimum Gasteiger partial charge on any atom is -0.497 e. The number of benzene rings is 1. The largest absolute Gasteiger partial charge is 0.497 e. The molecule has 0 spiro atoms. The highest BCUT2D eigenvalue weighted by Crippen LogP contribution is 2.12. The fraction of sp³-hybridized carbons (Fsp3) is 0.500. The molecule has 0 fully saturated rings. The molecular weight excluding hydrogens is 224 g/mol.